The lowest BCUT2D eigenvalue weighted by atomic mass is 9.83. The number of anilines is 1. The monoisotopic (exact) mass is 547 g/mol. The minimum Gasteiger partial charge on any atom is -0.493 e. The number of halogens is 1. The number of hydrogen-bond acceptors (Lipinski definition) is 4. The molecule has 0 fully saturated rings. The number of hydrogen-bond donors (Lipinski definition) is 1. The van der Waals surface area contributed by atoms with Crippen LogP contribution in [-0.4, -0.2) is 29.2 Å². The molecule has 0 spiro atoms. The first-order valence-electron chi connectivity index (χ1n) is 13.4. The van der Waals surface area contributed by atoms with E-state index in [4.69, 9.17) is 21.1 Å². The van der Waals surface area contributed by atoms with Crippen molar-refractivity contribution in [2.45, 2.75) is 71.6 Å². The van der Waals surface area contributed by atoms with E-state index in [1.165, 1.54) is 0 Å². The number of nitrogens with zero attached hydrogens (tertiary/aromatic N) is 1. The molecule has 5 rings (SSSR count). The van der Waals surface area contributed by atoms with E-state index in [1.807, 2.05) is 70.2 Å². The maximum absolute atomic E-state index is 13.3. The predicted molar refractivity (Wildman–Crippen MR) is 153 cm³/mol. The molecule has 39 heavy (non-hydrogen) atoms. The summed E-state index contributed by atoms with van der Waals surface area (Å²) in [6, 6.07) is 15.6. The smallest absolute Gasteiger partial charge is 0.337 e. The van der Waals surface area contributed by atoms with Crippen LogP contribution >= 0.6 is 11.6 Å². The Morgan fingerprint density at radius 2 is 1.90 bits per heavy atom. The van der Waals surface area contributed by atoms with Crippen LogP contribution in [0.4, 0.5) is 5.69 Å². The number of carboxylic acid groups (broad SMARTS) is 1. The Kier molecular flexibility index (Phi) is 7.45. The zero-order chi connectivity index (χ0) is 27.9. The zero-order valence-corrected chi connectivity index (χ0v) is 23.6. The molecule has 0 aromatic heterocycles. The number of carboxylic acids is 1. The standard InChI is InChI=1S/C32H34ClNO5/c1-19-16-25-23(12-14-27(35)34(25)18-22-8-5-6-10-24(22)33)29(30(31(36)37)39-32(2,3)4)28(19)21-11-13-26-20(17-21)9-7-15-38-26/h5-6,8,10-11,13,16-17,30H,7,9,12,14-15,18H2,1-4H3,(H,36,37). The molecule has 0 radical (unpaired) electrons. The van der Waals surface area contributed by atoms with Gasteiger partial charge in [-0.25, -0.2) is 4.79 Å². The van der Waals surface area contributed by atoms with Crippen LogP contribution in [0.25, 0.3) is 11.1 Å². The summed E-state index contributed by atoms with van der Waals surface area (Å²) in [5, 5.41) is 11.1. The van der Waals surface area contributed by atoms with E-state index < -0.39 is 17.7 Å². The number of carbonyl (C=O) groups excluding carboxylic acids is 1. The van der Waals surface area contributed by atoms with Crippen molar-refractivity contribution in [1.82, 2.24) is 0 Å². The predicted octanol–water partition coefficient (Wildman–Crippen LogP) is 7.06. The van der Waals surface area contributed by atoms with E-state index in [1.54, 1.807) is 4.90 Å². The number of aryl methyl sites for hydroxylation is 2. The molecule has 1 unspecified atom stereocenters. The maximum atomic E-state index is 13.3. The highest BCUT2D eigenvalue weighted by molar-refractivity contribution is 6.31. The summed E-state index contributed by atoms with van der Waals surface area (Å²) in [6.45, 7) is 8.54. The molecule has 1 amide bonds. The van der Waals surface area contributed by atoms with Crippen LogP contribution in [-0.2, 0) is 33.7 Å². The molecule has 0 saturated carbocycles. The summed E-state index contributed by atoms with van der Waals surface area (Å²) in [6.07, 6.45) is 1.34. The Hall–Kier alpha value is -3.35. The fourth-order valence-corrected chi connectivity index (χ4v) is 5.81. The molecule has 2 heterocycles. The van der Waals surface area contributed by atoms with E-state index in [0.717, 1.165) is 52.0 Å². The lowest BCUT2D eigenvalue weighted by Crippen LogP contribution is -2.36. The van der Waals surface area contributed by atoms with Crippen LogP contribution in [0.2, 0.25) is 5.02 Å². The van der Waals surface area contributed by atoms with Crippen LogP contribution in [0, 0.1) is 6.92 Å². The number of fused-ring (bicyclic) bond motifs is 2. The van der Waals surface area contributed by atoms with Crippen molar-refractivity contribution in [2.75, 3.05) is 11.5 Å². The highest BCUT2D eigenvalue weighted by Crippen LogP contribution is 2.45. The molecular weight excluding hydrogens is 514 g/mol. The fraction of sp³-hybridized carbons (Fsp3) is 0.375. The van der Waals surface area contributed by atoms with E-state index in [-0.39, 0.29) is 12.3 Å². The maximum Gasteiger partial charge on any atom is 0.337 e. The molecule has 2 aliphatic heterocycles. The summed E-state index contributed by atoms with van der Waals surface area (Å²) >= 11 is 6.46. The summed E-state index contributed by atoms with van der Waals surface area (Å²) in [4.78, 5) is 27.8. The van der Waals surface area contributed by atoms with Gasteiger partial charge in [0.15, 0.2) is 6.10 Å². The quantitative estimate of drug-likeness (QED) is 0.357. The van der Waals surface area contributed by atoms with Gasteiger partial charge in [-0.05, 0) is 105 Å². The second-order valence-electron chi connectivity index (χ2n) is 11.3. The lowest BCUT2D eigenvalue weighted by molar-refractivity contribution is -0.160. The van der Waals surface area contributed by atoms with Crippen LogP contribution in [0.5, 0.6) is 5.75 Å². The Morgan fingerprint density at radius 1 is 1.13 bits per heavy atom. The third-order valence-corrected chi connectivity index (χ3v) is 7.64. The van der Waals surface area contributed by atoms with E-state index >= 15 is 0 Å². The van der Waals surface area contributed by atoms with Gasteiger partial charge >= 0.3 is 5.97 Å². The number of aliphatic carboxylic acids is 1. The van der Waals surface area contributed by atoms with Crippen LogP contribution < -0.4 is 9.64 Å². The van der Waals surface area contributed by atoms with Gasteiger partial charge < -0.3 is 19.5 Å². The molecule has 3 aromatic rings. The second kappa shape index (κ2) is 10.7. The first-order valence-corrected chi connectivity index (χ1v) is 13.8. The van der Waals surface area contributed by atoms with Gasteiger partial charge in [-0.1, -0.05) is 35.9 Å². The van der Waals surface area contributed by atoms with Crippen molar-refractivity contribution in [1.29, 1.82) is 0 Å². The molecule has 3 aromatic carbocycles. The topological polar surface area (TPSA) is 76.1 Å². The summed E-state index contributed by atoms with van der Waals surface area (Å²) in [5.41, 5.74) is 6.03. The average molecular weight is 548 g/mol. The Morgan fingerprint density at radius 3 is 2.62 bits per heavy atom. The van der Waals surface area contributed by atoms with Crippen molar-refractivity contribution in [3.8, 4) is 16.9 Å². The normalized spacial score (nSPS) is 15.8. The van der Waals surface area contributed by atoms with Crippen molar-refractivity contribution >= 4 is 29.2 Å². The van der Waals surface area contributed by atoms with Gasteiger partial charge in [-0.2, -0.15) is 0 Å². The summed E-state index contributed by atoms with van der Waals surface area (Å²) < 4.78 is 12.1. The molecule has 204 valence electrons. The molecule has 7 heteroatoms. The van der Waals surface area contributed by atoms with Gasteiger partial charge in [0.1, 0.15) is 5.75 Å². The molecule has 6 nitrogen and oxygen atoms in total. The molecule has 1 N–H and O–H groups in total. The van der Waals surface area contributed by atoms with Gasteiger partial charge in [-0.15, -0.1) is 0 Å². The molecule has 0 aliphatic carbocycles. The first-order chi connectivity index (χ1) is 18.5. The lowest BCUT2D eigenvalue weighted by Gasteiger charge is -2.35. The Balaban J connectivity index is 1.74. The summed E-state index contributed by atoms with van der Waals surface area (Å²) in [5.74, 6) is -0.204. The van der Waals surface area contributed by atoms with Crippen molar-refractivity contribution < 1.29 is 24.2 Å². The number of amides is 1. The van der Waals surface area contributed by atoms with E-state index in [0.29, 0.717) is 35.8 Å². The van der Waals surface area contributed by atoms with Crippen molar-refractivity contribution in [3.05, 3.63) is 81.4 Å². The van der Waals surface area contributed by atoms with Gasteiger partial charge in [0, 0.05) is 22.7 Å². The van der Waals surface area contributed by atoms with Gasteiger partial charge in [0.25, 0.3) is 0 Å². The third-order valence-electron chi connectivity index (χ3n) is 7.27. The number of rotatable bonds is 6. The van der Waals surface area contributed by atoms with Crippen LogP contribution in [0.1, 0.15) is 67.5 Å². The second-order valence-corrected chi connectivity index (χ2v) is 11.7. The highest BCUT2D eigenvalue weighted by atomic mass is 35.5. The number of ether oxygens (including phenoxy) is 2. The third kappa shape index (κ3) is 5.54. The van der Waals surface area contributed by atoms with Crippen molar-refractivity contribution in [2.24, 2.45) is 0 Å². The molecule has 1 atom stereocenters. The van der Waals surface area contributed by atoms with Crippen LogP contribution in [0.15, 0.2) is 48.5 Å². The largest absolute Gasteiger partial charge is 0.493 e. The van der Waals surface area contributed by atoms with E-state index in [2.05, 4.69) is 6.07 Å². The average Bonchev–Trinajstić information content (AvgIpc) is 2.88. The highest BCUT2D eigenvalue weighted by Gasteiger charge is 2.37. The minimum atomic E-state index is -1.21. The number of benzene rings is 3. The Bertz CT molecular complexity index is 1440. The first kappa shape index (κ1) is 27.2. The van der Waals surface area contributed by atoms with Crippen molar-refractivity contribution in [3.63, 3.8) is 0 Å². The molecule has 0 bridgehead atoms. The Labute approximate surface area is 234 Å². The summed E-state index contributed by atoms with van der Waals surface area (Å²) in [7, 11) is 0. The molecule has 0 saturated heterocycles. The minimum absolute atomic E-state index is 0.0185. The SMILES string of the molecule is Cc1cc2c(c(C(OC(C)(C)C)C(=O)O)c1-c1ccc3c(c1)CCCO3)CCC(=O)N2Cc1ccccc1Cl. The molecule has 2 aliphatic rings. The fourth-order valence-electron chi connectivity index (χ4n) is 5.62. The molecular formula is C32H34ClNO5. The van der Waals surface area contributed by atoms with E-state index in [9.17, 15) is 14.7 Å². The van der Waals surface area contributed by atoms with Crippen LogP contribution in [0.3, 0.4) is 0 Å². The van der Waals surface area contributed by atoms with Gasteiger partial charge in [-0.3, -0.25) is 4.79 Å². The van der Waals surface area contributed by atoms with Gasteiger partial charge in [0.2, 0.25) is 5.91 Å². The van der Waals surface area contributed by atoms with Gasteiger partial charge in [0.05, 0.1) is 18.8 Å². The zero-order valence-electron chi connectivity index (χ0n) is 22.8. The number of carbonyl (C=O) groups is 2.